The second-order valence-electron chi connectivity index (χ2n) is 15.3. The van der Waals surface area contributed by atoms with Crippen molar-refractivity contribution >= 4 is 63.7 Å². The Morgan fingerprint density at radius 3 is 2.04 bits per heavy atom. The van der Waals surface area contributed by atoms with E-state index in [-0.39, 0.29) is 30.4 Å². The Kier molecular flexibility index (Phi) is 8.89. The number of halogens is 1. The number of fused-ring (bicyclic) bond motifs is 4. The fourth-order valence-corrected chi connectivity index (χ4v) is 9.86. The number of carbonyl (C=O) groups excluding carboxylic acids is 4. The van der Waals surface area contributed by atoms with Crippen molar-refractivity contribution in [2.24, 2.45) is 33.9 Å². The van der Waals surface area contributed by atoms with Crippen molar-refractivity contribution in [2.45, 2.75) is 24.2 Å². The van der Waals surface area contributed by atoms with Crippen molar-refractivity contribution in [3.05, 3.63) is 155 Å². The lowest BCUT2D eigenvalue weighted by Crippen LogP contribution is -2.53. The van der Waals surface area contributed by atoms with Gasteiger partial charge in [-0.1, -0.05) is 77.8 Å². The number of benzene rings is 5. The van der Waals surface area contributed by atoms with E-state index in [9.17, 15) is 19.5 Å². The van der Waals surface area contributed by atoms with E-state index in [2.05, 4.69) is 10.2 Å². The molecule has 6 unspecified atom stereocenters. The second-order valence-corrected chi connectivity index (χ2v) is 15.7. The first-order valence-electron chi connectivity index (χ1n) is 18.9. The van der Waals surface area contributed by atoms with Gasteiger partial charge in [0.25, 0.3) is 0 Å². The first-order valence-corrected chi connectivity index (χ1v) is 19.3. The zero-order chi connectivity index (χ0) is 39.6. The SMILES string of the molecule is CN(C)c1ccc(N=Nc2ccc(N3C(=O)C4CC=C5C(CC6C(=O)N(c7cccc(Cl)c7)C(=O)C6(c6ccccc6)C5c5ccccc5O)C4C3=O)cc2)cc1. The standard InChI is InChI=1S/C46H38ClN5O5/c1-50(2)31-19-15-29(16-20-31)48-49-30-17-21-32(22-18-30)51-42(54)36-24-23-34-37(40(36)44(51)56)26-38-43(55)52(33-12-8-11-28(47)25-33)45(57)46(38,27-9-4-3-5-10-27)41(34)35-13-6-7-14-39(35)53/h3-23,25,36-38,40-41,53H,24,26H2,1-2H3. The summed E-state index contributed by atoms with van der Waals surface area (Å²) in [6.45, 7) is 0. The van der Waals surface area contributed by atoms with Gasteiger partial charge in [0.05, 0.1) is 45.9 Å². The number of azo groups is 1. The predicted octanol–water partition coefficient (Wildman–Crippen LogP) is 8.89. The van der Waals surface area contributed by atoms with E-state index in [1.807, 2.05) is 79.7 Å². The quantitative estimate of drug-likeness (QED) is 0.100. The zero-order valence-electron chi connectivity index (χ0n) is 31.2. The molecule has 0 aromatic heterocycles. The van der Waals surface area contributed by atoms with Crippen LogP contribution in [-0.2, 0) is 24.6 Å². The molecule has 11 heteroatoms. The first-order chi connectivity index (χ1) is 27.6. The minimum absolute atomic E-state index is 0.0278. The number of para-hydroxylation sites is 1. The minimum atomic E-state index is -1.47. The largest absolute Gasteiger partial charge is 0.508 e. The summed E-state index contributed by atoms with van der Waals surface area (Å²) in [7, 11) is 3.93. The van der Waals surface area contributed by atoms with Gasteiger partial charge in [-0.05, 0) is 97.1 Å². The molecule has 5 aromatic rings. The number of amides is 4. The molecule has 0 radical (unpaired) electrons. The number of carbonyl (C=O) groups is 4. The maximum Gasteiger partial charge on any atom is 0.246 e. The molecule has 2 aliphatic heterocycles. The number of nitrogens with zero attached hydrogens (tertiary/aromatic N) is 5. The van der Waals surface area contributed by atoms with Crippen LogP contribution < -0.4 is 14.7 Å². The van der Waals surface area contributed by atoms with E-state index in [1.165, 1.54) is 9.80 Å². The van der Waals surface area contributed by atoms with E-state index >= 15 is 4.79 Å². The van der Waals surface area contributed by atoms with Crippen molar-refractivity contribution in [3.63, 3.8) is 0 Å². The molecule has 1 saturated carbocycles. The van der Waals surface area contributed by atoms with E-state index in [0.717, 1.165) is 11.3 Å². The summed E-state index contributed by atoms with van der Waals surface area (Å²) in [5, 5.41) is 20.6. The summed E-state index contributed by atoms with van der Waals surface area (Å²) < 4.78 is 0. The lowest BCUT2D eigenvalue weighted by molar-refractivity contribution is -0.127. The maximum absolute atomic E-state index is 15.3. The molecule has 3 fully saturated rings. The third kappa shape index (κ3) is 5.69. The van der Waals surface area contributed by atoms with Crippen LogP contribution in [0.25, 0.3) is 0 Å². The molecule has 5 aromatic carbocycles. The number of rotatable bonds is 7. The lowest BCUT2D eigenvalue weighted by atomic mass is 9.49. The highest BCUT2D eigenvalue weighted by atomic mass is 35.5. The number of imide groups is 2. The van der Waals surface area contributed by atoms with Crippen LogP contribution in [0.3, 0.4) is 0 Å². The number of phenolic OH excluding ortho intramolecular Hbond substituents is 1. The predicted molar refractivity (Wildman–Crippen MR) is 218 cm³/mol. The van der Waals surface area contributed by atoms with E-state index in [1.54, 1.807) is 72.8 Å². The highest BCUT2D eigenvalue weighted by Crippen LogP contribution is 2.65. The molecule has 2 aliphatic carbocycles. The molecule has 57 heavy (non-hydrogen) atoms. The zero-order valence-corrected chi connectivity index (χ0v) is 32.0. The van der Waals surface area contributed by atoms with Crippen LogP contribution in [-0.4, -0.2) is 42.8 Å². The molecule has 0 bridgehead atoms. The van der Waals surface area contributed by atoms with Crippen LogP contribution >= 0.6 is 11.6 Å². The summed E-state index contributed by atoms with van der Waals surface area (Å²) in [5.41, 5.74) is 3.44. The number of hydrogen-bond donors (Lipinski definition) is 1. The lowest BCUT2D eigenvalue weighted by Gasteiger charge is -2.50. The van der Waals surface area contributed by atoms with Gasteiger partial charge in [0.1, 0.15) is 5.75 Å². The summed E-state index contributed by atoms with van der Waals surface area (Å²) in [6.07, 6.45) is 2.39. The Morgan fingerprint density at radius 2 is 1.37 bits per heavy atom. The molecule has 10 nitrogen and oxygen atoms in total. The van der Waals surface area contributed by atoms with E-state index in [0.29, 0.717) is 38.9 Å². The fraction of sp³-hybridized carbons (Fsp3) is 0.217. The molecule has 9 rings (SSSR count). The third-order valence-corrected chi connectivity index (χ3v) is 12.4. The van der Waals surface area contributed by atoms with Crippen LogP contribution in [0.1, 0.15) is 29.9 Å². The Balaban J connectivity index is 1.11. The number of anilines is 3. The highest BCUT2D eigenvalue weighted by molar-refractivity contribution is 6.32. The van der Waals surface area contributed by atoms with Gasteiger partial charge >= 0.3 is 0 Å². The molecule has 284 valence electrons. The van der Waals surface area contributed by atoms with Gasteiger partial charge in [0, 0.05) is 36.3 Å². The second kappa shape index (κ2) is 14.0. The molecule has 0 spiro atoms. The van der Waals surface area contributed by atoms with Crippen LogP contribution in [0.5, 0.6) is 5.75 Å². The average molecular weight is 776 g/mol. The summed E-state index contributed by atoms with van der Waals surface area (Å²) in [4.78, 5) is 63.7. The maximum atomic E-state index is 15.3. The Morgan fingerprint density at radius 1 is 0.702 bits per heavy atom. The summed E-state index contributed by atoms with van der Waals surface area (Å²) >= 11 is 6.41. The number of phenols is 1. The Bertz CT molecular complexity index is 2500. The Labute approximate surface area is 334 Å². The molecule has 6 atom stereocenters. The monoisotopic (exact) mass is 775 g/mol. The molecule has 4 amide bonds. The molecular weight excluding hydrogens is 738 g/mol. The van der Waals surface area contributed by atoms with Gasteiger partial charge in [-0.3, -0.25) is 24.1 Å². The van der Waals surface area contributed by atoms with Crippen molar-refractivity contribution < 1.29 is 24.3 Å². The van der Waals surface area contributed by atoms with E-state index < -0.39 is 46.8 Å². The molecule has 2 saturated heterocycles. The van der Waals surface area contributed by atoms with E-state index in [4.69, 9.17) is 11.6 Å². The Hall–Kier alpha value is -6.39. The fourth-order valence-electron chi connectivity index (χ4n) is 9.68. The van der Waals surface area contributed by atoms with Gasteiger partial charge in [-0.15, -0.1) is 0 Å². The number of aromatic hydroxyl groups is 1. The van der Waals surface area contributed by atoms with Gasteiger partial charge in [0.15, 0.2) is 0 Å². The minimum Gasteiger partial charge on any atom is -0.508 e. The molecule has 4 aliphatic rings. The topological polar surface area (TPSA) is 123 Å². The summed E-state index contributed by atoms with van der Waals surface area (Å²) in [6, 6.07) is 37.2. The van der Waals surface area contributed by atoms with Gasteiger partial charge in [0.2, 0.25) is 23.6 Å². The van der Waals surface area contributed by atoms with Gasteiger partial charge < -0.3 is 10.0 Å². The first kappa shape index (κ1) is 36.3. The highest BCUT2D eigenvalue weighted by Gasteiger charge is 2.70. The van der Waals surface area contributed by atoms with Crippen molar-refractivity contribution in [3.8, 4) is 5.75 Å². The van der Waals surface area contributed by atoms with Crippen molar-refractivity contribution in [2.75, 3.05) is 28.8 Å². The molecule has 2 heterocycles. The normalized spacial score (nSPS) is 25.4. The molecule has 1 N–H and O–H groups in total. The van der Waals surface area contributed by atoms with Crippen molar-refractivity contribution in [1.29, 1.82) is 0 Å². The van der Waals surface area contributed by atoms with Crippen molar-refractivity contribution in [1.82, 2.24) is 0 Å². The smallest absolute Gasteiger partial charge is 0.246 e. The van der Waals surface area contributed by atoms with Crippen LogP contribution in [0.2, 0.25) is 5.02 Å². The van der Waals surface area contributed by atoms with Crippen LogP contribution in [0.15, 0.2) is 149 Å². The number of hydrogen-bond acceptors (Lipinski definition) is 8. The van der Waals surface area contributed by atoms with Gasteiger partial charge in [-0.2, -0.15) is 10.2 Å². The third-order valence-electron chi connectivity index (χ3n) is 12.2. The van der Waals surface area contributed by atoms with Crippen LogP contribution in [0, 0.1) is 23.7 Å². The number of allylic oxidation sites excluding steroid dienone is 2. The van der Waals surface area contributed by atoms with Crippen LogP contribution in [0.4, 0.5) is 28.4 Å². The van der Waals surface area contributed by atoms with Gasteiger partial charge in [-0.25, -0.2) is 4.90 Å². The molecular formula is C46H38ClN5O5. The average Bonchev–Trinajstić information content (AvgIpc) is 3.61. The summed E-state index contributed by atoms with van der Waals surface area (Å²) in [5.74, 6) is -5.33.